The monoisotopic (exact) mass is 285 g/mol. The molecule has 0 radical (unpaired) electrons. The summed E-state index contributed by atoms with van der Waals surface area (Å²) in [6.45, 7) is 8.08. The highest BCUT2D eigenvalue weighted by Crippen LogP contribution is 2.07. The van der Waals surface area contributed by atoms with Gasteiger partial charge in [0.15, 0.2) is 5.03 Å². The van der Waals surface area contributed by atoms with E-state index in [1.807, 2.05) is 13.8 Å². The van der Waals surface area contributed by atoms with Gasteiger partial charge in [-0.15, -0.1) is 0 Å². The van der Waals surface area contributed by atoms with Gasteiger partial charge in [-0.25, -0.2) is 18.1 Å². The van der Waals surface area contributed by atoms with Gasteiger partial charge in [-0.1, -0.05) is 26.8 Å². The molecule has 2 N–H and O–H groups in total. The summed E-state index contributed by atoms with van der Waals surface area (Å²) in [6.07, 6.45) is 2.67. The quantitative estimate of drug-likeness (QED) is 0.710. The molecule has 6 heteroatoms. The highest BCUT2D eigenvalue weighted by Gasteiger charge is 2.15. The Balaban J connectivity index is 2.64. The van der Waals surface area contributed by atoms with Crippen molar-refractivity contribution < 1.29 is 8.42 Å². The van der Waals surface area contributed by atoms with E-state index in [9.17, 15) is 8.42 Å². The van der Waals surface area contributed by atoms with E-state index >= 15 is 0 Å². The van der Waals surface area contributed by atoms with Gasteiger partial charge in [0, 0.05) is 19.3 Å². The molecule has 1 aromatic rings. The minimum absolute atomic E-state index is 0.0763. The lowest BCUT2D eigenvalue weighted by Crippen LogP contribution is -2.28. The maximum Gasteiger partial charge on any atom is 0.258 e. The summed E-state index contributed by atoms with van der Waals surface area (Å²) in [6, 6.07) is 3.34. The summed E-state index contributed by atoms with van der Waals surface area (Å²) in [4.78, 5) is 4.02. The normalized spacial score (nSPS) is 12.0. The van der Waals surface area contributed by atoms with Gasteiger partial charge in [0.05, 0.1) is 0 Å². The molecule has 1 heterocycles. The van der Waals surface area contributed by atoms with E-state index in [-0.39, 0.29) is 10.9 Å². The molecule has 0 atom stereocenters. The lowest BCUT2D eigenvalue weighted by molar-refractivity contribution is 0.556. The minimum Gasteiger partial charge on any atom is -0.313 e. The fraction of sp³-hybridized carbons (Fsp3) is 0.615. The SMILES string of the molecule is CCCNCc1ccc(S(=O)(=O)NCC(C)C)nc1. The van der Waals surface area contributed by atoms with Crippen LogP contribution in [0.2, 0.25) is 0 Å². The van der Waals surface area contributed by atoms with Crippen molar-refractivity contribution in [2.75, 3.05) is 13.1 Å². The Labute approximate surface area is 115 Å². The van der Waals surface area contributed by atoms with Gasteiger partial charge in [-0.3, -0.25) is 0 Å². The molecule has 1 rings (SSSR count). The van der Waals surface area contributed by atoms with Crippen molar-refractivity contribution >= 4 is 10.0 Å². The number of rotatable bonds is 8. The molecule has 0 aliphatic heterocycles. The third-order valence-corrected chi connectivity index (χ3v) is 3.85. The first-order valence-corrected chi connectivity index (χ1v) is 8.09. The molecule has 0 saturated heterocycles. The third-order valence-electron chi connectivity index (χ3n) is 2.51. The van der Waals surface area contributed by atoms with Crippen molar-refractivity contribution in [3.8, 4) is 0 Å². The number of pyridine rings is 1. The number of nitrogens with zero attached hydrogens (tertiary/aromatic N) is 1. The van der Waals surface area contributed by atoms with Crippen LogP contribution < -0.4 is 10.0 Å². The van der Waals surface area contributed by atoms with Crippen molar-refractivity contribution in [2.24, 2.45) is 5.92 Å². The van der Waals surface area contributed by atoms with E-state index in [0.717, 1.165) is 18.5 Å². The molecule has 1 aromatic heterocycles. The Morgan fingerprint density at radius 3 is 2.58 bits per heavy atom. The summed E-state index contributed by atoms with van der Waals surface area (Å²) < 4.78 is 26.4. The predicted octanol–water partition coefficient (Wildman–Crippen LogP) is 1.52. The van der Waals surface area contributed by atoms with Crippen molar-refractivity contribution in [3.05, 3.63) is 23.9 Å². The first-order valence-electron chi connectivity index (χ1n) is 6.61. The van der Waals surface area contributed by atoms with Crippen LogP contribution in [0, 0.1) is 5.92 Å². The summed E-state index contributed by atoms with van der Waals surface area (Å²) in [5, 5.41) is 3.32. The molecule has 0 saturated carbocycles. The van der Waals surface area contributed by atoms with Crippen LogP contribution in [0.15, 0.2) is 23.4 Å². The summed E-state index contributed by atoms with van der Waals surface area (Å²) in [7, 11) is -3.48. The van der Waals surface area contributed by atoms with Gasteiger partial charge in [-0.05, 0) is 30.5 Å². The van der Waals surface area contributed by atoms with Crippen LogP contribution in [-0.2, 0) is 16.6 Å². The Morgan fingerprint density at radius 1 is 1.32 bits per heavy atom. The molecular formula is C13H23N3O2S. The van der Waals surface area contributed by atoms with Gasteiger partial charge in [-0.2, -0.15) is 0 Å². The minimum atomic E-state index is -3.48. The Morgan fingerprint density at radius 2 is 2.05 bits per heavy atom. The Kier molecular flexibility index (Phi) is 6.41. The summed E-state index contributed by atoms with van der Waals surface area (Å²) in [5.74, 6) is 0.271. The fourth-order valence-electron chi connectivity index (χ4n) is 1.43. The molecule has 19 heavy (non-hydrogen) atoms. The molecule has 0 fully saturated rings. The van der Waals surface area contributed by atoms with Crippen LogP contribution in [-0.4, -0.2) is 26.5 Å². The maximum atomic E-state index is 11.9. The van der Waals surface area contributed by atoms with Crippen LogP contribution in [0.3, 0.4) is 0 Å². The van der Waals surface area contributed by atoms with Crippen LogP contribution in [0.5, 0.6) is 0 Å². The highest BCUT2D eigenvalue weighted by molar-refractivity contribution is 7.89. The molecule has 0 bridgehead atoms. The molecule has 108 valence electrons. The topological polar surface area (TPSA) is 71.1 Å². The zero-order valence-electron chi connectivity index (χ0n) is 11.8. The number of nitrogens with one attached hydrogen (secondary N) is 2. The van der Waals surface area contributed by atoms with Crippen LogP contribution >= 0.6 is 0 Å². The molecule has 0 aliphatic rings. The molecule has 0 amide bonds. The second-order valence-corrected chi connectivity index (χ2v) is 6.64. The Hall–Kier alpha value is -0.980. The smallest absolute Gasteiger partial charge is 0.258 e. The summed E-state index contributed by atoms with van der Waals surface area (Å²) in [5.41, 5.74) is 0.983. The third kappa shape index (κ3) is 5.67. The van der Waals surface area contributed by atoms with E-state index in [2.05, 4.69) is 21.9 Å². The zero-order valence-corrected chi connectivity index (χ0v) is 12.6. The molecular weight excluding hydrogens is 262 g/mol. The molecule has 0 aliphatic carbocycles. The van der Waals surface area contributed by atoms with Crippen molar-refractivity contribution in [1.29, 1.82) is 0 Å². The average molecular weight is 285 g/mol. The largest absolute Gasteiger partial charge is 0.313 e. The second-order valence-electron chi connectivity index (χ2n) is 4.93. The highest BCUT2D eigenvalue weighted by atomic mass is 32.2. The molecule has 5 nitrogen and oxygen atoms in total. The van der Waals surface area contributed by atoms with E-state index in [4.69, 9.17) is 0 Å². The fourth-order valence-corrected chi connectivity index (χ4v) is 2.57. The number of sulfonamides is 1. The van der Waals surface area contributed by atoms with E-state index < -0.39 is 10.0 Å². The van der Waals surface area contributed by atoms with Crippen LogP contribution in [0.25, 0.3) is 0 Å². The van der Waals surface area contributed by atoms with Crippen LogP contribution in [0.4, 0.5) is 0 Å². The van der Waals surface area contributed by atoms with E-state index in [1.165, 1.54) is 0 Å². The first kappa shape index (κ1) is 16.1. The van der Waals surface area contributed by atoms with E-state index in [0.29, 0.717) is 13.1 Å². The van der Waals surface area contributed by atoms with E-state index in [1.54, 1.807) is 18.3 Å². The van der Waals surface area contributed by atoms with Gasteiger partial charge >= 0.3 is 0 Å². The number of hydrogen-bond acceptors (Lipinski definition) is 4. The van der Waals surface area contributed by atoms with Crippen molar-refractivity contribution in [2.45, 2.75) is 38.8 Å². The van der Waals surface area contributed by atoms with Gasteiger partial charge in [0.2, 0.25) is 0 Å². The average Bonchev–Trinajstić information content (AvgIpc) is 2.37. The number of aromatic nitrogens is 1. The summed E-state index contributed by atoms with van der Waals surface area (Å²) >= 11 is 0. The molecule has 0 unspecified atom stereocenters. The van der Waals surface area contributed by atoms with Gasteiger partial charge in [0.25, 0.3) is 10.0 Å². The standard InChI is InChI=1S/C13H23N3O2S/c1-4-7-14-9-12-5-6-13(15-10-12)19(17,18)16-8-11(2)3/h5-6,10-11,14,16H,4,7-9H2,1-3H3. The molecule has 0 spiro atoms. The first-order chi connectivity index (χ1) is 8.95. The predicted molar refractivity (Wildman–Crippen MR) is 76.3 cm³/mol. The van der Waals surface area contributed by atoms with Gasteiger partial charge < -0.3 is 5.32 Å². The lowest BCUT2D eigenvalue weighted by atomic mass is 10.2. The molecule has 0 aromatic carbocycles. The van der Waals surface area contributed by atoms with Crippen molar-refractivity contribution in [1.82, 2.24) is 15.0 Å². The number of hydrogen-bond donors (Lipinski definition) is 2. The maximum absolute atomic E-state index is 11.9. The van der Waals surface area contributed by atoms with Gasteiger partial charge in [0.1, 0.15) is 0 Å². The lowest BCUT2D eigenvalue weighted by Gasteiger charge is -2.09. The van der Waals surface area contributed by atoms with Crippen molar-refractivity contribution in [3.63, 3.8) is 0 Å². The zero-order chi connectivity index (χ0) is 14.3. The second kappa shape index (κ2) is 7.57. The Bertz CT molecular complexity index is 469. The van der Waals surface area contributed by atoms with Crippen LogP contribution in [0.1, 0.15) is 32.8 Å².